The van der Waals surface area contributed by atoms with Gasteiger partial charge in [0.05, 0.1) is 6.61 Å². The molecule has 0 fully saturated rings. The second kappa shape index (κ2) is 9.35. The summed E-state index contributed by atoms with van der Waals surface area (Å²) in [7, 11) is 2.12. The van der Waals surface area contributed by atoms with Gasteiger partial charge in [0.2, 0.25) is 0 Å². The van der Waals surface area contributed by atoms with Crippen LogP contribution >= 0.6 is 0 Å². The van der Waals surface area contributed by atoms with E-state index in [4.69, 9.17) is 4.74 Å². The fourth-order valence-electron chi connectivity index (χ4n) is 2.42. The van der Waals surface area contributed by atoms with E-state index in [1.807, 2.05) is 13.8 Å². The number of carbonyl (C=O) groups is 1. The lowest BCUT2D eigenvalue weighted by Gasteiger charge is -2.35. The van der Waals surface area contributed by atoms with Gasteiger partial charge in [0.15, 0.2) is 0 Å². The molecule has 0 aliphatic heterocycles. The number of carbonyl (C=O) groups excluding carboxylic acids is 1. The molecule has 120 valence electrons. The Balaban J connectivity index is 4.74. The topological polar surface area (TPSA) is 41.6 Å². The predicted octanol–water partition coefficient (Wildman–Crippen LogP) is 2.67. The Morgan fingerprint density at radius 1 is 1.30 bits per heavy atom. The van der Waals surface area contributed by atoms with E-state index in [-0.39, 0.29) is 5.97 Å². The molecule has 0 aliphatic rings. The second-order valence-electron chi connectivity index (χ2n) is 6.37. The van der Waals surface area contributed by atoms with Gasteiger partial charge in [0, 0.05) is 12.6 Å². The summed E-state index contributed by atoms with van der Waals surface area (Å²) in [6.45, 7) is 14.8. The summed E-state index contributed by atoms with van der Waals surface area (Å²) in [4.78, 5) is 14.6. The summed E-state index contributed by atoms with van der Waals surface area (Å²) in [5.74, 6) is 0.484. The van der Waals surface area contributed by atoms with Crippen molar-refractivity contribution < 1.29 is 9.53 Å². The van der Waals surface area contributed by atoms with E-state index in [0.29, 0.717) is 18.6 Å². The molecular weight excluding hydrogens is 252 g/mol. The summed E-state index contributed by atoms with van der Waals surface area (Å²) in [5.41, 5.74) is -0.601. The molecule has 0 aromatic rings. The van der Waals surface area contributed by atoms with Crippen molar-refractivity contribution in [2.24, 2.45) is 5.92 Å². The number of ether oxygens (including phenoxy) is 1. The summed E-state index contributed by atoms with van der Waals surface area (Å²) >= 11 is 0. The molecule has 4 nitrogen and oxygen atoms in total. The van der Waals surface area contributed by atoms with Gasteiger partial charge >= 0.3 is 5.97 Å². The highest BCUT2D eigenvalue weighted by Gasteiger charge is 2.36. The molecule has 2 atom stereocenters. The molecule has 0 saturated heterocycles. The maximum Gasteiger partial charge on any atom is 0.326 e. The van der Waals surface area contributed by atoms with Gasteiger partial charge in [0.1, 0.15) is 5.54 Å². The summed E-state index contributed by atoms with van der Waals surface area (Å²) in [6.07, 6.45) is 1.76. The molecule has 2 unspecified atom stereocenters. The van der Waals surface area contributed by atoms with Gasteiger partial charge < -0.3 is 15.0 Å². The quantitative estimate of drug-likeness (QED) is 0.627. The Kier molecular flexibility index (Phi) is 9.06. The number of hydrogen-bond donors (Lipinski definition) is 1. The molecule has 0 spiro atoms. The Morgan fingerprint density at radius 3 is 2.35 bits per heavy atom. The molecule has 0 aromatic heterocycles. The van der Waals surface area contributed by atoms with Crippen LogP contribution in [-0.2, 0) is 9.53 Å². The normalized spacial score (nSPS) is 16.2. The molecule has 0 radical (unpaired) electrons. The standard InChI is InChI=1S/C16H34N2O2/c1-8-10-17-16(6,15(19)20-9-2)11-14(5)18(7)12-13(3)4/h13-14,17H,8-12H2,1-7H3. The fraction of sp³-hybridized carbons (Fsp3) is 0.938. The van der Waals surface area contributed by atoms with Crippen molar-refractivity contribution in [3.8, 4) is 0 Å². The first-order valence-electron chi connectivity index (χ1n) is 7.89. The lowest BCUT2D eigenvalue weighted by molar-refractivity contribution is -0.151. The Hall–Kier alpha value is -0.610. The number of hydrogen-bond acceptors (Lipinski definition) is 4. The minimum atomic E-state index is -0.601. The molecule has 0 rings (SSSR count). The first-order valence-corrected chi connectivity index (χ1v) is 7.89. The van der Waals surface area contributed by atoms with Crippen LogP contribution in [0.15, 0.2) is 0 Å². The van der Waals surface area contributed by atoms with Crippen molar-refractivity contribution in [2.75, 3.05) is 26.7 Å². The van der Waals surface area contributed by atoms with E-state index in [1.54, 1.807) is 0 Å². The van der Waals surface area contributed by atoms with E-state index in [1.165, 1.54) is 0 Å². The first-order chi connectivity index (χ1) is 9.26. The highest BCUT2D eigenvalue weighted by atomic mass is 16.5. The van der Waals surface area contributed by atoms with Crippen LogP contribution in [0.5, 0.6) is 0 Å². The largest absolute Gasteiger partial charge is 0.465 e. The minimum absolute atomic E-state index is 0.141. The Labute approximate surface area is 125 Å². The fourth-order valence-corrected chi connectivity index (χ4v) is 2.42. The zero-order valence-corrected chi connectivity index (χ0v) is 14.5. The smallest absolute Gasteiger partial charge is 0.326 e. The maximum atomic E-state index is 12.2. The summed E-state index contributed by atoms with van der Waals surface area (Å²) in [6, 6.07) is 0.330. The molecule has 20 heavy (non-hydrogen) atoms. The molecule has 0 aromatic carbocycles. The average molecular weight is 286 g/mol. The number of nitrogens with zero attached hydrogens (tertiary/aromatic N) is 1. The van der Waals surface area contributed by atoms with Crippen LogP contribution in [0.4, 0.5) is 0 Å². The minimum Gasteiger partial charge on any atom is -0.465 e. The SMILES string of the molecule is CCCNC(C)(CC(C)N(C)CC(C)C)C(=O)OCC. The van der Waals surface area contributed by atoms with E-state index in [9.17, 15) is 4.79 Å². The molecule has 0 aliphatic carbocycles. The Morgan fingerprint density at radius 2 is 1.90 bits per heavy atom. The molecule has 0 bridgehead atoms. The summed E-state index contributed by atoms with van der Waals surface area (Å²) in [5, 5.41) is 3.37. The predicted molar refractivity (Wildman–Crippen MR) is 84.9 cm³/mol. The van der Waals surface area contributed by atoms with Crippen LogP contribution < -0.4 is 5.32 Å². The third-order valence-electron chi connectivity index (χ3n) is 3.60. The van der Waals surface area contributed by atoms with Crippen LogP contribution in [0.2, 0.25) is 0 Å². The first kappa shape index (κ1) is 19.4. The van der Waals surface area contributed by atoms with Crippen molar-refractivity contribution >= 4 is 5.97 Å². The van der Waals surface area contributed by atoms with Gasteiger partial charge in [-0.2, -0.15) is 0 Å². The van der Waals surface area contributed by atoms with Gasteiger partial charge in [-0.15, -0.1) is 0 Å². The van der Waals surface area contributed by atoms with E-state index < -0.39 is 5.54 Å². The third kappa shape index (κ3) is 6.71. The zero-order chi connectivity index (χ0) is 15.8. The van der Waals surface area contributed by atoms with Crippen molar-refractivity contribution in [3.05, 3.63) is 0 Å². The highest BCUT2D eigenvalue weighted by Crippen LogP contribution is 2.18. The third-order valence-corrected chi connectivity index (χ3v) is 3.60. The number of esters is 1. The molecule has 0 amide bonds. The summed E-state index contributed by atoms with van der Waals surface area (Å²) < 4.78 is 5.25. The average Bonchev–Trinajstić information content (AvgIpc) is 2.35. The van der Waals surface area contributed by atoms with Gasteiger partial charge in [-0.1, -0.05) is 20.8 Å². The van der Waals surface area contributed by atoms with Crippen LogP contribution in [-0.4, -0.2) is 49.2 Å². The van der Waals surface area contributed by atoms with Crippen LogP contribution in [0.1, 0.15) is 54.4 Å². The monoisotopic (exact) mass is 286 g/mol. The van der Waals surface area contributed by atoms with E-state index in [2.05, 4.69) is 45.0 Å². The van der Waals surface area contributed by atoms with Gasteiger partial charge in [-0.25, -0.2) is 0 Å². The van der Waals surface area contributed by atoms with Crippen molar-refractivity contribution in [2.45, 2.75) is 66.0 Å². The zero-order valence-electron chi connectivity index (χ0n) is 14.5. The lowest BCUT2D eigenvalue weighted by atomic mass is 9.92. The molecular formula is C16H34N2O2. The molecule has 0 saturated carbocycles. The lowest BCUT2D eigenvalue weighted by Crippen LogP contribution is -2.54. The second-order valence-corrected chi connectivity index (χ2v) is 6.37. The molecule has 4 heteroatoms. The highest BCUT2D eigenvalue weighted by molar-refractivity contribution is 5.80. The van der Waals surface area contributed by atoms with Gasteiger partial charge in [0.25, 0.3) is 0 Å². The van der Waals surface area contributed by atoms with E-state index in [0.717, 1.165) is 25.9 Å². The van der Waals surface area contributed by atoms with Crippen molar-refractivity contribution in [3.63, 3.8) is 0 Å². The molecule has 1 N–H and O–H groups in total. The van der Waals surface area contributed by atoms with Crippen LogP contribution in [0.3, 0.4) is 0 Å². The number of rotatable bonds is 10. The Bertz CT molecular complexity index is 282. The van der Waals surface area contributed by atoms with Gasteiger partial charge in [-0.3, -0.25) is 4.79 Å². The maximum absolute atomic E-state index is 12.2. The van der Waals surface area contributed by atoms with Crippen LogP contribution in [0.25, 0.3) is 0 Å². The number of nitrogens with one attached hydrogen (secondary N) is 1. The molecule has 0 heterocycles. The van der Waals surface area contributed by atoms with Gasteiger partial charge in [-0.05, 0) is 53.1 Å². The van der Waals surface area contributed by atoms with Crippen LogP contribution in [0, 0.1) is 5.92 Å². The van der Waals surface area contributed by atoms with Crippen molar-refractivity contribution in [1.29, 1.82) is 0 Å². The van der Waals surface area contributed by atoms with E-state index >= 15 is 0 Å². The van der Waals surface area contributed by atoms with Crippen molar-refractivity contribution in [1.82, 2.24) is 10.2 Å².